The molecular weight excluding hydrogens is 283 g/mol. The number of nitrogens with zero attached hydrogens (tertiary/aromatic N) is 1. The number of carbonyl (C=O) groups excluding carboxylic acids is 1. The predicted octanol–water partition coefficient (Wildman–Crippen LogP) is 3.43. The van der Waals surface area contributed by atoms with E-state index in [1.807, 2.05) is 0 Å². The fraction of sp³-hybridized carbons (Fsp3) is 0.267. The zero-order chi connectivity index (χ0) is 15.2. The third kappa shape index (κ3) is 2.66. The molecule has 0 saturated carbocycles. The maximum Gasteiger partial charge on any atom is 0.573 e. The minimum atomic E-state index is -4.72. The van der Waals surface area contributed by atoms with Crippen molar-refractivity contribution in [2.75, 3.05) is 11.4 Å². The van der Waals surface area contributed by atoms with Crippen LogP contribution in [0.3, 0.4) is 0 Å². The topological polar surface area (TPSA) is 29.5 Å². The molecule has 21 heavy (non-hydrogen) atoms. The second kappa shape index (κ2) is 4.65. The number of halogens is 3. The maximum absolute atomic E-state index is 12.3. The molecule has 6 heteroatoms. The van der Waals surface area contributed by atoms with E-state index in [9.17, 15) is 18.0 Å². The van der Waals surface area contributed by atoms with Crippen LogP contribution in [0, 0.1) is 5.92 Å². The molecule has 0 N–H and O–H groups in total. The van der Waals surface area contributed by atoms with E-state index in [4.69, 9.17) is 0 Å². The molecule has 1 amide bonds. The van der Waals surface area contributed by atoms with Crippen molar-refractivity contribution in [3.8, 4) is 5.75 Å². The Balaban J connectivity index is 1.78. The molecule has 1 aliphatic heterocycles. The zero-order valence-electron chi connectivity index (χ0n) is 11.0. The number of carbonyl (C=O) groups is 1. The van der Waals surface area contributed by atoms with Crippen molar-refractivity contribution in [1.29, 1.82) is 0 Å². The lowest BCUT2D eigenvalue weighted by atomic mass is 10.1. The van der Waals surface area contributed by atoms with E-state index in [-0.39, 0.29) is 17.6 Å². The van der Waals surface area contributed by atoms with Gasteiger partial charge in [-0.3, -0.25) is 4.79 Å². The fourth-order valence-electron chi connectivity index (χ4n) is 2.73. The Bertz CT molecular complexity index is 631. The molecule has 1 fully saturated rings. The van der Waals surface area contributed by atoms with Gasteiger partial charge in [-0.15, -0.1) is 13.2 Å². The molecule has 0 bridgehead atoms. The van der Waals surface area contributed by atoms with E-state index < -0.39 is 6.36 Å². The average Bonchev–Trinajstić information content (AvgIpc) is 2.87. The molecule has 1 atom stereocenters. The number of ether oxygens (including phenoxy) is 1. The highest BCUT2D eigenvalue weighted by molar-refractivity contribution is 6.09. The van der Waals surface area contributed by atoms with Crippen LogP contribution in [0.4, 0.5) is 18.9 Å². The molecular formula is C15H12F3NO2. The summed E-state index contributed by atoms with van der Waals surface area (Å²) in [6.45, 7) is 4.38. The fourth-order valence-corrected chi connectivity index (χ4v) is 2.73. The van der Waals surface area contributed by atoms with Gasteiger partial charge in [0.2, 0.25) is 0 Å². The third-order valence-electron chi connectivity index (χ3n) is 3.59. The lowest BCUT2D eigenvalue weighted by Gasteiger charge is -2.17. The van der Waals surface area contributed by atoms with E-state index in [1.54, 1.807) is 11.0 Å². The van der Waals surface area contributed by atoms with Crippen molar-refractivity contribution in [3.63, 3.8) is 0 Å². The van der Waals surface area contributed by atoms with Crippen LogP contribution in [-0.4, -0.2) is 18.8 Å². The Kier molecular flexibility index (Phi) is 3.04. The van der Waals surface area contributed by atoms with Gasteiger partial charge in [-0.05, 0) is 30.7 Å². The van der Waals surface area contributed by atoms with Crippen LogP contribution in [0.5, 0.6) is 5.75 Å². The number of alkyl halides is 3. The van der Waals surface area contributed by atoms with Crippen LogP contribution in [0.15, 0.2) is 48.1 Å². The normalized spacial score (nSPS) is 21.6. The molecule has 1 heterocycles. The first-order valence-electron chi connectivity index (χ1n) is 6.40. The molecule has 0 spiro atoms. The first-order valence-corrected chi connectivity index (χ1v) is 6.40. The summed E-state index contributed by atoms with van der Waals surface area (Å²) in [5, 5.41) is 0. The number of amides is 1. The molecule has 0 aromatic heterocycles. The average molecular weight is 295 g/mol. The van der Waals surface area contributed by atoms with Crippen LogP contribution >= 0.6 is 0 Å². The highest BCUT2D eigenvalue weighted by atomic mass is 19.4. The maximum atomic E-state index is 12.3. The van der Waals surface area contributed by atoms with Crippen LogP contribution in [0.2, 0.25) is 0 Å². The molecule has 3 rings (SSSR count). The summed E-state index contributed by atoms with van der Waals surface area (Å²) in [4.78, 5) is 13.8. The van der Waals surface area contributed by atoms with Crippen molar-refractivity contribution in [2.24, 2.45) is 5.92 Å². The smallest absolute Gasteiger partial charge is 0.406 e. The summed E-state index contributed by atoms with van der Waals surface area (Å²) in [6.07, 6.45) is -2.16. The summed E-state index contributed by atoms with van der Waals surface area (Å²) >= 11 is 0. The Morgan fingerprint density at radius 3 is 2.48 bits per heavy atom. The quantitative estimate of drug-likeness (QED) is 0.836. The van der Waals surface area contributed by atoms with Gasteiger partial charge in [0.05, 0.1) is 0 Å². The molecule has 110 valence electrons. The lowest BCUT2D eigenvalue weighted by Crippen LogP contribution is -2.25. The largest absolute Gasteiger partial charge is 0.573 e. The van der Waals surface area contributed by atoms with Crippen LogP contribution in [0.1, 0.15) is 6.42 Å². The van der Waals surface area contributed by atoms with Crippen LogP contribution < -0.4 is 9.64 Å². The Hall–Kier alpha value is -2.24. The zero-order valence-corrected chi connectivity index (χ0v) is 11.0. The van der Waals surface area contributed by atoms with Gasteiger partial charge < -0.3 is 9.64 Å². The minimum absolute atomic E-state index is 0.108. The summed E-state index contributed by atoms with van der Waals surface area (Å²) < 4.78 is 40.1. The number of hydrogen-bond donors (Lipinski definition) is 0. The first kappa shape index (κ1) is 13.7. The second-order valence-corrected chi connectivity index (χ2v) is 5.12. The SMILES string of the molecule is C=C1C=C2C(=O)N(c3ccc(OC(F)(F)F)cc3)CC2C1. The summed E-state index contributed by atoms with van der Waals surface area (Å²) in [5.41, 5.74) is 2.24. The minimum Gasteiger partial charge on any atom is -0.406 e. The van der Waals surface area contributed by atoms with E-state index in [2.05, 4.69) is 11.3 Å². The van der Waals surface area contributed by atoms with Gasteiger partial charge in [-0.1, -0.05) is 18.2 Å². The lowest BCUT2D eigenvalue weighted by molar-refractivity contribution is -0.274. The highest BCUT2D eigenvalue weighted by Crippen LogP contribution is 2.38. The van der Waals surface area contributed by atoms with Crippen molar-refractivity contribution in [3.05, 3.63) is 48.1 Å². The Labute approximate surface area is 119 Å². The Morgan fingerprint density at radius 2 is 1.90 bits per heavy atom. The standard InChI is InChI=1S/C15H12F3NO2/c1-9-6-10-8-19(14(20)13(10)7-9)11-2-4-12(5-3-11)21-15(16,17)18/h2-5,7,10H,1,6,8H2. The Morgan fingerprint density at radius 1 is 1.24 bits per heavy atom. The number of rotatable bonds is 2. The van der Waals surface area contributed by atoms with E-state index in [0.29, 0.717) is 12.2 Å². The number of allylic oxidation sites excluding steroid dienone is 2. The van der Waals surface area contributed by atoms with Gasteiger partial charge in [0.25, 0.3) is 5.91 Å². The molecule has 1 aromatic rings. The molecule has 0 radical (unpaired) electrons. The van der Waals surface area contributed by atoms with Crippen LogP contribution in [0.25, 0.3) is 0 Å². The van der Waals surface area contributed by atoms with Gasteiger partial charge in [0, 0.05) is 23.7 Å². The van der Waals surface area contributed by atoms with Crippen molar-refractivity contribution in [1.82, 2.24) is 0 Å². The van der Waals surface area contributed by atoms with E-state index in [1.165, 1.54) is 24.3 Å². The van der Waals surface area contributed by atoms with Crippen molar-refractivity contribution in [2.45, 2.75) is 12.8 Å². The van der Waals surface area contributed by atoms with Gasteiger partial charge >= 0.3 is 6.36 Å². The van der Waals surface area contributed by atoms with Gasteiger partial charge in [-0.25, -0.2) is 0 Å². The molecule has 2 aliphatic rings. The number of benzene rings is 1. The monoisotopic (exact) mass is 295 g/mol. The third-order valence-corrected chi connectivity index (χ3v) is 3.59. The predicted molar refractivity (Wildman–Crippen MR) is 70.8 cm³/mol. The number of fused-ring (bicyclic) bond motifs is 1. The summed E-state index contributed by atoms with van der Waals surface area (Å²) in [6, 6.07) is 5.32. The molecule has 1 aliphatic carbocycles. The molecule has 1 saturated heterocycles. The highest BCUT2D eigenvalue weighted by Gasteiger charge is 2.39. The van der Waals surface area contributed by atoms with Gasteiger partial charge in [-0.2, -0.15) is 0 Å². The second-order valence-electron chi connectivity index (χ2n) is 5.12. The van der Waals surface area contributed by atoms with E-state index in [0.717, 1.165) is 17.6 Å². The first-order chi connectivity index (χ1) is 9.83. The van der Waals surface area contributed by atoms with Gasteiger partial charge in [0.15, 0.2) is 0 Å². The van der Waals surface area contributed by atoms with Crippen LogP contribution in [-0.2, 0) is 4.79 Å². The molecule has 1 unspecified atom stereocenters. The van der Waals surface area contributed by atoms with Gasteiger partial charge in [0.1, 0.15) is 5.75 Å². The number of anilines is 1. The molecule has 3 nitrogen and oxygen atoms in total. The number of hydrogen-bond acceptors (Lipinski definition) is 2. The summed E-state index contributed by atoms with van der Waals surface area (Å²) in [5.74, 6) is -0.273. The van der Waals surface area contributed by atoms with Crippen molar-refractivity contribution >= 4 is 11.6 Å². The molecule has 1 aromatic carbocycles. The summed E-state index contributed by atoms with van der Waals surface area (Å²) in [7, 11) is 0. The van der Waals surface area contributed by atoms with Crippen molar-refractivity contribution < 1.29 is 22.7 Å². The van der Waals surface area contributed by atoms with E-state index >= 15 is 0 Å².